The molecule has 1 aliphatic carbocycles. The Bertz CT molecular complexity index is 784. The average Bonchev–Trinajstić information content (AvgIpc) is 3.45. The summed E-state index contributed by atoms with van der Waals surface area (Å²) in [5.41, 5.74) is 3.40. The highest BCUT2D eigenvalue weighted by atomic mass is 32.1. The van der Waals surface area contributed by atoms with Crippen molar-refractivity contribution in [2.45, 2.75) is 45.2 Å². The minimum Gasteiger partial charge on any atom is -0.342 e. The van der Waals surface area contributed by atoms with E-state index < -0.39 is 4.92 Å². The molecule has 0 bridgehead atoms. The molecule has 1 aliphatic rings. The number of non-ortho nitro benzene ring substituents is 1. The van der Waals surface area contributed by atoms with Crippen molar-refractivity contribution in [3.8, 4) is 0 Å². The van der Waals surface area contributed by atoms with Crippen molar-refractivity contribution in [3.63, 3.8) is 0 Å². The number of thiocarbonyl (C=S) groups is 1. The summed E-state index contributed by atoms with van der Waals surface area (Å²) in [5.74, 6) is 0.522. The molecule has 1 fully saturated rings. The molecule has 26 heavy (non-hydrogen) atoms. The Morgan fingerprint density at radius 1 is 1.19 bits per heavy atom. The van der Waals surface area contributed by atoms with Gasteiger partial charge in [-0.2, -0.15) is 0 Å². The van der Waals surface area contributed by atoms with Crippen molar-refractivity contribution < 1.29 is 4.92 Å². The van der Waals surface area contributed by atoms with Crippen LogP contribution in [0.25, 0.3) is 0 Å². The number of hydrogen-bond donors (Lipinski definition) is 1. The third-order valence-electron chi connectivity index (χ3n) is 4.58. The molecule has 1 N–H and O–H groups in total. The third-order valence-corrected chi connectivity index (χ3v) is 4.91. The Hall–Kier alpha value is -2.47. The summed E-state index contributed by atoms with van der Waals surface area (Å²) >= 11 is 5.61. The van der Waals surface area contributed by atoms with Crippen molar-refractivity contribution in [1.29, 1.82) is 0 Å². The fourth-order valence-electron chi connectivity index (χ4n) is 2.82. The standard InChI is InChI=1S/C20H23N3O2S/c1-14(2)16-5-3-15(4-6-16)13-22(18-11-12-18)20(26)21-17-7-9-19(10-8-17)23(24)25/h3-10,14,18H,11-13H2,1-2H3,(H,21,26). The van der Waals surface area contributed by atoms with Gasteiger partial charge in [-0.05, 0) is 54.2 Å². The third kappa shape index (κ3) is 4.58. The van der Waals surface area contributed by atoms with Crippen molar-refractivity contribution in [3.05, 3.63) is 69.8 Å². The van der Waals surface area contributed by atoms with Gasteiger partial charge in [-0.1, -0.05) is 38.1 Å². The zero-order chi connectivity index (χ0) is 18.7. The number of hydrogen-bond acceptors (Lipinski definition) is 3. The SMILES string of the molecule is CC(C)c1ccc(CN(C(=S)Nc2ccc([N+](=O)[O-])cc2)C2CC2)cc1. The molecule has 1 saturated carbocycles. The normalized spacial score (nSPS) is 13.5. The molecule has 136 valence electrons. The molecule has 0 aromatic heterocycles. The van der Waals surface area contributed by atoms with Gasteiger partial charge >= 0.3 is 0 Å². The van der Waals surface area contributed by atoms with Crippen molar-refractivity contribution >= 4 is 28.7 Å². The van der Waals surface area contributed by atoms with E-state index in [1.54, 1.807) is 12.1 Å². The highest BCUT2D eigenvalue weighted by Gasteiger charge is 2.30. The molecule has 6 heteroatoms. The lowest BCUT2D eigenvalue weighted by Crippen LogP contribution is -2.36. The average molecular weight is 369 g/mol. The molecule has 0 saturated heterocycles. The lowest BCUT2D eigenvalue weighted by Gasteiger charge is -2.26. The molecular formula is C20H23N3O2S. The van der Waals surface area contributed by atoms with Gasteiger partial charge in [0.25, 0.3) is 5.69 Å². The Morgan fingerprint density at radius 3 is 2.31 bits per heavy atom. The van der Waals surface area contributed by atoms with Crippen LogP contribution >= 0.6 is 12.2 Å². The van der Waals surface area contributed by atoms with Crippen LogP contribution in [0.2, 0.25) is 0 Å². The van der Waals surface area contributed by atoms with Crippen LogP contribution in [-0.2, 0) is 6.54 Å². The molecule has 5 nitrogen and oxygen atoms in total. The van der Waals surface area contributed by atoms with Gasteiger partial charge in [0.2, 0.25) is 0 Å². The summed E-state index contributed by atoms with van der Waals surface area (Å²) < 4.78 is 0. The minimum atomic E-state index is -0.403. The summed E-state index contributed by atoms with van der Waals surface area (Å²) in [7, 11) is 0. The number of anilines is 1. The first-order valence-corrected chi connectivity index (χ1v) is 9.26. The van der Waals surface area contributed by atoms with E-state index in [4.69, 9.17) is 12.2 Å². The van der Waals surface area contributed by atoms with E-state index in [9.17, 15) is 10.1 Å². The predicted molar refractivity (Wildman–Crippen MR) is 108 cm³/mol. The van der Waals surface area contributed by atoms with Crippen molar-refractivity contribution in [2.24, 2.45) is 0 Å². The fourth-order valence-corrected chi connectivity index (χ4v) is 3.15. The maximum absolute atomic E-state index is 10.8. The zero-order valence-corrected chi connectivity index (χ0v) is 15.8. The molecule has 0 spiro atoms. The Balaban J connectivity index is 1.67. The molecule has 0 atom stereocenters. The van der Waals surface area contributed by atoms with Gasteiger partial charge in [0, 0.05) is 30.4 Å². The van der Waals surface area contributed by atoms with E-state index in [1.165, 1.54) is 23.3 Å². The van der Waals surface area contributed by atoms with E-state index in [0.717, 1.165) is 25.1 Å². The van der Waals surface area contributed by atoms with Crippen LogP contribution in [0.15, 0.2) is 48.5 Å². The van der Waals surface area contributed by atoms with Crippen LogP contribution in [0.1, 0.15) is 43.7 Å². The molecule has 3 rings (SSSR count). The van der Waals surface area contributed by atoms with E-state index in [2.05, 4.69) is 48.3 Å². The summed E-state index contributed by atoms with van der Waals surface area (Å²) in [5, 5.41) is 14.6. The van der Waals surface area contributed by atoms with Crippen LogP contribution in [0.4, 0.5) is 11.4 Å². The Labute approximate surface area is 159 Å². The van der Waals surface area contributed by atoms with Crippen LogP contribution < -0.4 is 5.32 Å². The topological polar surface area (TPSA) is 58.4 Å². The van der Waals surface area contributed by atoms with E-state index in [-0.39, 0.29) is 5.69 Å². The fraction of sp³-hybridized carbons (Fsp3) is 0.350. The molecule has 0 unspecified atom stereocenters. The van der Waals surface area contributed by atoms with Gasteiger partial charge in [0.15, 0.2) is 5.11 Å². The Kier molecular flexibility index (Phi) is 5.52. The minimum absolute atomic E-state index is 0.0748. The smallest absolute Gasteiger partial charge is 0.269 e. The van der Waals surface area contributed by atoms with E-state index in [0.29, 0.717) is 17.1 Å². The number of nitro groups is 1. The summed E-state index contributed by atoms with van der Waals surface area (Å²) in [6, 6.07) is 15.5. The first-order chi connectivity index (χ1) is 12.4. The van der Waals surface area contributed by atoms with E-state index in [1.807, 2.05) is 0 Å². The van der Waals surface area contributed by atoms with Crippen molar-refractivity contribution in [1.82, 2.24) is 4.90 Å². The maximum Gasteiger partial charge on any atom is 0.269 e. The number of nitro benzene ring substituents is 1. The summed E-state index contributed by atoms with van der Waals surface area (Å²) in [4.78, 5) is 12.6. The lowest BCUT2D eigenvalue weighted by molar-refractivity contribution is -0.384. The molecule has 2 aromatic carbocycles. The lowest BCUT2D eigenvalue weighted by atomic mass is 10.0. The zero-order valence-electron chi connectivity index (χ0n) is 15.0. The van der Waals surface area contributed by atoms with Gasteiger partial charge in [-0.3, -0.25) is 10.1 Å². The van der Waals surface area contributed by atoms with Crippen molar-refractivity contribution in [2.75, 3.05) is 5.32 Å². The first kappa shape index (κ1) is 18.3. The maximum atomic E-state index is 10.8. The molecular weight excluding hydrogens is 346 g/mol. The number of benzene rings is 2. The first-order valence-electron chi connectivity index (χ1n) is 8.85. The van der Waals surface area contributed by atoms with Gasteiger partial charge in [-0.25, -0.2) is 0 Å². The second kappa shape index (κ2) is 7.83. The summed E-state index contributed by atoms with van der Waals surface area (Å²) in [6.45, 7) is 5.14. The molecule has 2 aromatic rings. The van der Waals surface area contributed by atoms with Crippen LogP contribution in [0, 0.1) is 10.1 Å². The Morgan fingerprint density at radius 2 is 1.81 bits per heavy atom. The van der Waals surface area contributed by atoms with Gasteiger partial charge in [0.05, 0.1) is 4.92 Å². The van der Waals surface area contributed by atoms with E-state index >= 15 is 0 Å². The highest BCUT2D eigenvalue weighted by Crippen LogP contribution is 2.29. The number of rotatable bonds is 6. The van der Waals surface area contributed by atoms with Gasteiger partial charge < -0.3 is 10.2 Å². The molecule has 0 aliphatic heterocycles. The predicted octanol–water partition coefficient (Wildman–Crippen LogP) is 5.08. The quantitative estimate of drug-likeness (QED) is 0.437. The van der Waals surface area contributed by atoms with Crippen LogP contribution in [-0.4, -0.2) is 21.0 Å². The number of nitrogens with one attached hydrogen (secondary N) is 1. The van der Waals surface area contributed by atoms with Crippen LogP contribution in [0.3, 0.4) is 0 Å². The van der Waals surface area contributed by atoms with Gasteiger partial charge in [-0.15, -0.1) is 0 Å². The number of nitrogens with zero attached hydrogens (tertiary/aromatic N) is 2. The molecule has 0 heterocycles. The second-order valence-corrected chi connectivity index (χ2v) is 7.38. The monoisotopic (exact) mass is 369 g/mol. The second-order valence-electron chi connectivity index (χ2n) is 6.99. The molecule has 0 amide bonds. The largest absolute Gasteiger partial charge is 0.342 e. The van der Waals surface area contributed by atoms with Gasteiger partial charge in [0.1, 0.15) is 0 Å². The highest BCUT2D eigenvalue weighted by molar-refractivity contribution is 7.80. The van der Waals surface area contributed by atoms with Crippen LogP contribution in [0.5, 0.6) is 0 Å². The molecule has 0 radical (unpaired) electrons. The summed E-state index contributed by atoms with van der Waals surface area (Å²) in [6.07, 6.45) is 2.29.